The van der Waals surface area contributed by atoms with E-state index < -0.39 is 5.97 Å². The van der Waals surface area contributed by atoms with Crippen molar-refractivity contribution in [2.45, 2.75) is 20.3 Å². The van der Waals surface area contributed by atoms with Gasteiger partial charge in [0.05, 0.1) is 18.6 Å². The number of carbonyl (C=O) groups is 2. The fraction of sp³-hybridized carbons (Fsp3) is 0.294. The lowest BCUT2D eigenvalue weighted by atomic mass is 10.1. The van der Waals surface area contributed by atoms with E-state index in [2.05, 4.69) is 15.3 Å². The van der Waals surface area contributed by atoms with Crippen molar-refractivity contribution in [2.75, 3.05) is 23.4 Å². The molecule has 0 aliphatic carbocycles. The van der Waals surface area contributed by atoms with Gasteiger partial charge >= 0.3 is 5.97 Å². The second-order valence-electron chi connectivity index (χ2n) is 5.30. The Balaban J connectivity index is 1.74. The first-order valence-corrected chi connectivity index (χ1v) is 7.81. The molecule has 0 unspecified atom stereocenters. The number of benzene rings is 1. The summed E-state index contributed by atoms with van der Waals surface area (Å²) in [5, 5.41) is 3.08. The quantitative estimate of drug-likeness (QED) is 0.849. The van der Waals surface area contributed by atoms with Crippen LogP contribution >= 0.6 is 0 Å². The maximum absolute atomic E-state index is 11.9. The zero-order chi connectivity index (χ0) is 17.1. The van der Waals surface area contributed by atoms with Crippen LogP contribution in [0.5, 0.6) is 0 Å². The first-order valence-electron chi connectivity index (χ1n) is 7.81. The molecule has 1 aliphatic heterocycles. The molecule has 1 aliphatic rings. The Kier molecular flexibility index (Phi) is 4.41. The lowest BCUT2D eigenvalue weighted by molar-refractivity contribution is -0.117. The normalized spacial score (nSPS) is 12.9. The maximum atomic E-state index is 11.9. The van der Waals surface area contributed by atoms with Crippen molar-refractivity contribution in [1.82, 2.24) is 9.97 Å². The van der Waals surface area contributed by atoms with Crippen molar-refractivity contribution in [2.24, 2.45) is 0 Å². The highest BCUT2D eigenvalue weighted by atomic mass is 16.5. The predicted octanol–water partition coefficient (Wildman–Crippen LogP) is 2.31. The molecule has 2 aromatic rings. The monoisotopic (exact) mass is 326 g/mol. The van der Waals surface area contributed by atoms with Crippen molar-refractivity contribution in [3.8, 4) is 0 Å². The van der Waals surface area contributed by atoms with E-state index in [9.17, 15) is 9.59 Å². The SMILES string of the molecule is CCOC(=O)c1cnc(Nc2ccc3c(c2)CC(=O)N3CC)nc1. The van der Waals surface area contributed by atoms with Crippen LogP contribution in [-0.2, 0) is 16.0 Å². The first kappa shape index (κ1) is 15.9. The van der Waals surface area contributed by atoms with Crippen LogP contribution in [0.4, 0.5) is 17.3 Å². The standard InChI is InChI=1S/C17H18N4O3/c1-3-21-14-6-5-13(7-11(14)8-15(21)22)20-17-18-9-12(10-19-17)16(23)24-4-2/h5-7,9-10H,3-4,8H2,1-2H3,(H,18,19,20). The Morgan fingerprint density at radius 2 is 2.04 bits per heavy atom. The molecule has 7 heteroatoms. The summed E-state index contributed by atoms with van der Waals surface area (Å²) < 4.78 is 4.89. The second kappa shape index (κ2) is 6.66. The molecule has 0 saturated carbocycles. The van der Waals surface area contributed by atoms with Gasteiger partial charge in [0.1, 0.15) is 0 Å². The van der Waals surface area contributed by atoms with Gasteiger partial charge in [0.25, 0.3) is 0 Å². The maximum Gasteiger partial charge on any atom is 0.341 e. The molecule has 0 spiro atoms. The molecule has 1 aromatic carbocycles. The van der Waals surface area contributed by atoms with Crippen LogP contribution in [0, 0.1) is 0 Å². The summed E-state index contributed by atoms with van der Waals surface area (Å²) in [6.07, 6.45) is 3.24. The largest absolute Gasteiger partial charge is 0.462 e. The number of hydrogen-bond donors (Lipinski definition) is 1. The van der Waals surface area contributed by atoms with Crippen molar-refractivity contribution >= 4 is 29.2 Å². The lowest BCUT2D eigenvalue weighted by Crippen LogP contribution is -2.25. The van der Waals surface area contributed by atoms with Crippen LogP contribution in [0.25, 0.3) is 0 Å². The molecule has 0 atom stereocenters. The van der Waals surface area contributed by atoms with Crippen LogP contribution in [0.3, 0.4) is 0 Å². The average Bonchev–Trinajstić information content (AvgIpc) is 2.90. The number of carbonyl (C=O) groups excluding carboxylic acids is 2. The minimum Gasteiger partial charge on any atom is -0.462 e. The summed E-state index contributed by atoms with van der Waals surface area (Å²) in [5.41, 5.74) is 3.03. The number of esters is 1. The summed E-state index contributed by atoms with van der Waals surface area (Å²) in [6, 6.07) is 5.72. The number of likely N-dealkylation sites (N-methyl/N-ethyl adjacent to an activating group) is 1. The van der Waals surface area contributed by atoms with E-state index in [4.69, 9.17) is 4.74 Å². The second-order valence-corrected chi connectivity index (χ2v) is 5.30. The summed E-state index contributed by atoms with van der Waals surface area (Å²) in [7, 11) is 0. The molecule has 1 aromatic heterocycles. The molecular weight excluding hydrogens is 308 g/mol. The lowest BCUT2D eigenvalue weighted by Gasteiger charge is -2.14. The number of rotatable bonds is 5. The number of nitrogens with one attached hydrogen (secondary N) is 1. The summed E-state index contributed by atoms with van der Waals surface area (Å²) in [4.78, 5) is 33.5. The van der Waals surface area contributed by atoms with Crippen molar-refractivity contribution < 1.29 is 14.3 Å². The first-order chi connectivity index (χ1) is 11.6. The zero-order valence-electron chi connectivity index (χ0n) is 13.6. The van der Waals surface area contributed by atoms with Crippen molar-refractivity contribution in [3.63, 3.8) is 0 Å². The van der Waals surface area contributed by atoms with Gasteiger partial charge in [-0.05, 0) is 37.6 Å². The molecule has 7 nitrogen and oxygen atoms in total. The number of fused-ring (bicyclic) bond motifs is 1. The number of anilines is 3. The van der Waals surface area contributed by atoms with E-state index in [1.807, 2.05) is 25.1 Å². The van der Waals surface area contributed by atoms with E-state index in [1.54, 1.807) is 11.8 Å². The van der Waals surface area contributed by atoms with Gasteiger partial charge in [0.15, 0.2) is 0 Å². The van der Waals surface area contributed by atoms with Gasteiger partial charge in [-0.15, -0.1) is 0 Å². The smallest absolute Gasteiger partial charge is 0.341 e. The number of nitrogens with zero attached hydrogens (tertiary/aromatic N) is 3. The van der Waals surface area contributed by atoms with Gasteiger partial charge in [-0.25, -0.2) is 14.8 Å². The molecule has 2 heterocycles. The molecule has 1 N–H and O–H groups in total. The van der Waals surface area contributed by atoms with E-state index >= 15 is 0 Å². The molecular formula is C17H18N4O3. The van der Waals surface area contributed by atoms with Crippen LogP contribution in [0.2, 0.25) is 0 Å². The third kappa shape index (κ3) is 3.05. The van der Waals surface area contributed by atoms with Gasteiger partial charge < -0.3 is 15.0 Å². The number of amides is 1. The summed E-state index contributed by atoms with van der Waals surface area (Å²) in [5.74, 6) is 0.0408. The van der Waals surface area contributed by atoms with Crippen LogP contribution < -0.4 is 10.2 Å². The zero-order valence-corrected chi connectivity index (χ0v) is 13.6. The predicted molar refractivity (Wildman–Crippen MR) is 89.4 cm³/mol. The van der Waals surface area contributed by atoms with Crippen LogP contribution in [0.15, 0.2) is 30.6 Å². The Hall–Kier alpha value is -2.96. The molecule has 0 radical (unpaired) electrons. The van der Waals surface area contributed by atoms with E-state index in [1.165, 1.54) is 12.4 Å². The Bertz CT molecular complexity index is 774. The topological polar surface area (TPSA) is 84.4 Å². The van der Waals surface area contributed by atoms with Gasteiger partial charge in [0, 0.05) is 30.3 Å². The van der Waals surface area contributed by atoms with E-state index in [-0.39, 0.29) is 5.91 Å². The minimum absolute atomic E-state index is 0.111. The molecule has 3 rings (SSSR count). The average molecular weight is 326 g/mol. The fourth-order valence-corrected chi connectivity index (χ4v) is 2.65. The number of hydrogen-bond acceptors (Lipinski definition) is 6. The molecule has 1 amide bonds. The van der Waals surface area contributed by atoms with Crippen LogP contribution in [-0.4, -0.2) is 35.0 Å². The molecule has 0 fully saturated rings. The minimum atomic E-state index is -0.445. The summed E-state index contributed by atoms with van der Waals surface area (Å²) in [6.45, 7) is 4.67. The fourth-order valence-electron chi connectivity index (χ4n) is 2.65. The van der Waals surface area contributed by atoms with Gasteiger partial charge in [0.2, 0.25) is 11.9 Å². The Morgan fingerprint density at radius 1 is 1.29 bits per heavy atom. The highest BCUT2D eigenvalue weighted by Gasteiger charge is 2.25. The molecule has 124 valence electrons. The van der Waals surface area contributed by atoms with Crippen molar-refractivity contribution in [1.29, 1.82) is 0 Å². The highest BCUT2D eigenvalue weighted by Crippen LogP contribution is 2.31. The van der Waals surface area contributed by atoms with Crippen LogP contribution in [0.1, 0.15) is 29.8 Å². The van der Waals surface area contributed by atoms with Gasteiger partial charge in [-0.1, -0.05) is 0 Å². The Labute approximate surface area is 139 Å². The summed E-state index contributed by atoms with van der Waals surface area (Å²) >= 11 is 0. The van der Waals surface area contributed by atoms with E-state index in [0.717, 1.165) is 16.9 Å². The van der Waals surface area contributed by atoms with Gasteiger partial charge in [-0.2, -0.15) is 0 Å². The highest BCUT2D eigenvalue weighted by molar-refractivity contribution is 6.01. The molecule has 24 heavy (non-hydrogen) atoms. The third-order valence-electron chi connectivity index (χ3n) is 3.75. The number of ether oxygens (including phenoxy) is 1. The third-order valence-corrected chi connectivity index (χ3v) is 3.75. The molecule has 0 bridgehead atoms. The van der Waals surface area contributed by atoms with Gasteiger partial charge in [-0.3, -0.25) is 4.79 Å². The number of aromatic nitrogens is 2. The Morgan fingerprint density at radius 3 is 2.71 bits per heavy atom. The van der Waals surface area contributed by atoms with E-state index in [0.29, 0.717) is 31.1 Å². The van der Waals surface area contributed by atoms with Crippen molar-refractivity contribution in [3.05, 3.63) is 41.7 Å². The molecule has 0 saturated heterocycles.